The lowest BCUT2D eigenvalue weighted by molar-refractivity contribution is -0.161. The Morgan fingerprint density at radius 2 is 0.560 bits per heavy atom. The SMILES string of the molecule is CC/C=C\C/C=C\C/C=C\C/C=C\C/C=C\C/C=C\CCC(=O)OCC(COP(=O)(O)OCC(O)COP(=O)(O)OCC(COC(=O)CCC/C=C\C/C=C\C/C=C\C/C=C\C/C=C\CC)OC(=O)CCCCCCCCCCCCCCC)OC(=O)CCCCCCC/C=C\CCCC. The molecule has 0 spiro atoms. The van der Waals surface area contributed by atoms with Crippen LogP contribution in [-0.4, -0.2) is 96.7 Å². The number of esters is 4. The van der Waals surface area contributed by atoms with Crippen LogP contribution in [0.5, 0.6) is 0 Å². The van der Waals surface area contributed by atoms with Crippen LogP contribution in [0, 0.1) is 0 Å². The van der Waals surface area contributed by atoms with E-state index in [-0.39, 0.29) is 25.7 Å². The maximum absolute atomic E-state index is 13.1. The molecule has 0 aromatic carbocycles. The Bertz CT molecular complexity index is 2470. The highest BCUT2D eigenvalue weighted by molar-refractivity contribution is 7.47. The molecule has 3 N–H and O–H groups in total. The second kappa shape index (κ2) is 72.3. The molecule has 0 aromatic heterocycles. The van der Waals surface area contributed by atoms with Crippen molar-refractivity contribution in [3.63, 3.8) is 0 Å². The molecule has 570 valence electrons. The maximum atomic E-state index is 13.1. The number of ether oxygens (including phenoxy) is 4. The standard InChI is InChI=1S/C81H134O17P2/c1-5-9-13-17-21-25-29-32-34-36-37-39-41-44-47-50-54-58-62-66-78(83)91-71-76(97-80(85)67-63-59-55-51-45-28-24-20-16-12-8-4)73-95-99(87,88)93-69-75(82)70-94-100(89,90)96-74-77(98-81(86)68-64-60-56-52-48-42-31-27-23-19-15-11-7-3)72-92-79(84)65-61-57-53-49-46-43-40-38-35-33-30-26-22-18-14-10-6-2/h9-10,13-14,20-22,24-26,32-35,37,39-40,43-44,47,49,53-54,58,75-77,82H,5-8,11-12,15-19,23,27-31,36,38,41-42,45-46,48,50-52,55-57,59-74H2,1-4H3,(H,87,88)(H,89,90)/b13-9-,14-10-,24-20-,25-21-,26-22-,34-32-,35-33-,39-37-,43-40-,47-44-,53-49-,58-54-. The predicted octanol–water partition coefficient (Wildman–Crippen LogP) is 21.9. The number of carbonyl (C=O) groups is 4. The monoisotopic (exact) mass is 1440 g/mol. The molecule has 0 saturated carbocycles. The molecule has 0 aliphatic carbocycles. The molecular weight excluding hydrogens is 1310 g/mol. The molecule has 0 fully saturated rings. The van der Waals surface area contributed by atoms with Gasteiger partial charge < -0.3 is 33.8 Å². The number of aliphatic hydroxyl groups is 1. The lowest BCUT2D eigenvalue weighted by Gasteiger charge is -2.21. The number of phosphoric ester groups is 2. The third kappa shape index (κ3) is 71.3. The minimum Gasteiger partial charge on any atom is -0.462 e. The number of carbonyl (C=O) groups excluding carboxylic acids is 4. The fourth-order valence-corrected chi connectivity index (χ4v) is 11.1. The summed E-state index contributed by atoms with van der Waals surface area (Å²) in [6.07, 6.45) is 81.6. The Morgan fingerprint density at radius 3 is 0.930 bits per heavy atom. The Labute approximate surface area is 605 Å². The zero-order valence-electron chi connectivity index (χ0n) is 62.1. The molecule has 100 heavy (non-hydrogen) atoms. The smallest absolute Gasteiger partial charge is 0.462 e. The summed E-state index contributed by atoms with van der Waals surface area (Å²) in [6.45, 7) is 4.43. The summed E-state index contributed by atoms with van der Waals surface area (Å²) < 4.78 is 68.3. The van der Waals surface area contributed by atoms with Crippen molar-refractivity contribution in [1.82, 2.24) is 0 Å². The van der Waals surface area contributed by atoms with Gasteiger partial charge in [-0.2, -0.15) is 0 Å². The average molecular weight is 1440 g/mol. The summed E-state index contributed by atoms with van der Waals surface area (Å²) in [7, 11) is -9.99. The molecule has 0 bridgehead atoms. The Morgan fingerprint density at radius 1 is 0.290 bits per heavy atom. The number of unbranched alkanes of at least 4 members (excludes halogenated alkanes) is 20. The maximum Gasteiger partial charge on any atom is 0.472 e. The summed E-state index contributed by atoms with van der Waals surface area (Å²) in [4.78, 5) is 72.7. The number of hydrogen-bond acceptors (Lipinski definition) is 15. The quantitative estimate of drug-likeness (QED) is 0.0169. The van der Waals surface area contributed by atoms with Crippen LogP contribution in [-0.2, 0) is 65.4 Å². The summed E-state index contributed by atoms with van der Waals surface area (Å²) in [5.41, 5.74) is 0. The van der Waals surface area contributed by atoms with Crippen LogP contribution in [0.25, 0.3) is 0 Å². The predicted molar refractivity (Wildman–Crippen MR) is 408 cm³/mol. The van der Waals surface area contributed by atoms with E-state index < -0.39 is 97.5 Å². The molecule has 0 rings (SSSR count). The van der Waals surface area contributed by atoms with Crippen molar-refractivity contribution in [2.45, 2.75) is 303 Å². The van der Waals surface area contributed by atoms with E-state index in [0.717, 1.165) is 128 Å². The van der Waals surface area contributed by atoms with E-state index in [1.807, 2.05) is 30.4 Å². The number of rotatable bonds is 70. The van der Waals surface area contributed by atoms with Gasteiger partial charge in [-0.05, 0) is 122 Å². The normalized spacial score (nSPS) is 14.8. The molecule has 0 aliphatic rings. The van der Waals surface area contributed by atoms with E-state index in [9.17, 15) is 43.2 Å². The zero-order valence-corrected chi connectivity index (χ0v) is 63.9. The molecule has 5 atom stereocenters. The van der Waals surface area contributed by atoms with Gasteiger partial charge in [-0.25, -0.2) is 9.13 Å². The van der Waals surface area contributed by atoms with Gasteiger partial charge in [0, 0.05) is 25.7 Å². The molecule has 5 unspecified atom stereocenters. The van der Waals surface area contributed by atoms with Gasteiger partial charge in [0.2, 0.25) is 0 Å². The molecular formula is C81H134O17P2. The molecule has 17 nitrogen and oxygen atoms in total. The summed E-state index contributed by atoms with van der Waals surface area (Å²) >= 11 is 0. The molecule has 0 radical (unpaired) electrons. The first-order valence-electron chi connectivity index (χ1n) is 38.1. The van der Waals surface area contributed by atoms with Crippen LogP contribution in [0.2, 0.25) is 0 Å². The van der Waals surface area contributed by atoms with Crippen molar-refractivity contribution >= 4 is 39.5 Å². The van der Waals surface area contributed by atoms with Gasteiger partial charge in [0.15, 0.2) is 12.2 Å². The summed E-state index contributed by atoms with van der Waals surface area (Å²) in [5, 5.41) is 10.6. The molecule has 0 aliphatic heterocycles. The fourth-order valence-electron chi connectivity index (χ4n) is 9.56. The van der Waals surface area contributed by atoms with Gasteiger partial charge in [0.25, 0.3) is 0 Å². The van der Waals surface area contributed by atoms with Gasteiger partial charge in [-0.1, -0.05) is 283 Å². The molecule has 0 saturated heterocycles. The van der Waals surface area contributed by atoms with Crippen LogP contribution in [0.1, 0.15) is 285 Å². The largest absolute Gasteiger partial charge is 0.472 e. The zero-order chi connectivity index (χ0) is 73.2. The Hall–Kier alpha value is -5.06. The highest BCUT2D eigenvalue weighted by Gasteiger charge is 2.30. The molecule has 0 aromatic rings. The first-order valence-corrected chi connectivity index (χ1v) is 41.1. The third-order valence-electron chi connectivity index (χ3n) is 15.3. The summed E-state index contributed by atoms with van der Waals surface area (Å²) in [5.74, 6) is -2.35. The van der Waals surface area contributed by atoms with E-state index in [0.29, 0.717) is 38.5 Å². The first kappa shape index (κ1) is 94.9. The van der Waals surface area contributed by atoms with Crippen molar-refractivity contribution in [2.75, 3.05) is 39.6 Å². The van der Waals surface area contributed by atoms with Gasteiger partial charge in [0.1, 0.15) is 19.3 Å². The Balaban J connectivity index is 5.42. The van der Waals surface area contributed by atoms with Crippen LogP contribution in [0.4, 0.5) is 0 Å². The molecule has 19 heteroatoms. The van der Waals surface area contributed by atoms with E-state index in [1.165, 1.54) is 64.2 Å². The van der Waals surface area contributed by atoms with Gasteiger partial charge >= 0.3 is 39.5 Å². The fraction of sp³-hybridized carbons (Fsp3) is 0.654. The van der Waals surface area contributed by atoms with Crippen LogP contribution < -0.4 is 0 Å². The van der Waals surface area contributed by atoms with Crippen molar-refractivity contribution < 1.29 is 80.2 Å². The van der Waals surface area contributed by atoms with Crippen molar-refractivity contribution in [3.05, 3.63) is 146 Å². The van der Waals surface area contributed by atoms with E-state index in [1.54, 1.807) is 0 Å². The van der Waals surface area contributed by atoms with Crippen LogP contribution in [0.15, 0.2) is 146 Å². The third-order valence-corrected chi connectivity index (χ3v) is 17.2. The summed E-state index contributed by atoms with van der Waals surface area (Å²) in [6, 6.07) is 0. The van der Waals surface area contributed by atoms with E-state index in [2.05, 4.69) is 143 Å². The highest BCUT2D eigenvalue weighted by Crippen LogP contribution is 2.45. The van der Waals surface area contributed by atoms with Crippen molar-refractivity contribution in [1.29, 1.82) is 0 Å². The number of hydrogen-bond donors (Lipinski definition) is 3. The second-order valence-corrected chi connectivity index (χ2v) is 27.7. The van der Waals surface area contributed by atoms with Gasteiger partial charge in [-0.15, -0.1) is 0 Å². The number of phosphoric acid groups is 2. The van der Waals surface area contributed by atoms with Crippen LogP contribution >= 0.6 is 15.6 Å². The Kier molecular flexibility index (Phi) is 68.6. The average Bonchev–Trinajstić information content (AvgIpc) is 1.02. The van der Waals surface area contributed by atoms with Crippen LogP contribution in [0.3, 0.4) is 0 Å². The molecule has 0 amide bonds. The lowest BCUT2D eigenvalue weighted by Crippen LogP contribution is -2.30. The first-order chi connectivity index (χ1) is 48.7. The minimum atomic E-state index is -5.00. The number of aliphatic hydroxyl groups excluding tert-OH is 1. The van der Waals surface area contributed by atoms with Gasteiger partial charge in [-0.3, -0.25) is 37.3 Å². The lowest BCUT2D eigenvalue weighted by atomic mass is 10.0. The molecule has 0 heterocycles. The van der Waals surface area contributed by atoms with Crippen molar-refractivity contribution in [3.8, 4) is 0 Å². The minimum absolute atomic E-state index is 0.0303. The number of allylic oxidation sites excluding steroid dienone is 24. The van der Waals surface area contributed by atoms with E-state index >= 15 is 0 Å². The second-order valence-electron chi connectivity index (χ2n) is 24.8. The topological polar surface area (TPSA) is 237 Å². The van der Waals surface area contributed by atoms with E-state index in [4.69, 9.17) is 37.0 Å². The van der Waals surface area contributed by atoms with Crippen molar-refractivity contribution in [2.24, 2.45) is 0 Å². The highest BCUT2D eigenvalue weighted by atomic mass is 31.2. The van der Waals surface area contributed by atoms with Gasteiger partial charge in [0.05, 0.1) is 26.4 Å².